The molecule has 1 aliphatic rings. The third-order valence-corrected chi connectivity index (χ3v) is 8.10. The number of unbranched alkanes of at least 4 members (excludes halogenated alkanes) is 1. The Morgan fingerprint density at radius 1 is 1.18 bits per heavy atom. The molecule has 1 heterocycles. The van der Waals surface area contributed by atoms with Gasteiger partial charge in [-0.05, 0) is 77.9 Å². The van der Waals surface area contributed by atoms with Gasteiger partial charge in [-0.2, -0.15) is 0 Å². The highest BCUT2D eigenvalue weighted by Crippen LogP contribution is 2.22. The summed E-state index contributed by atoms with van der Waals surface area (Å²) in [6, 6.07) is 1.05. The maximum Gasteiger partial charge on any atom is 0.108 e. The first-order valence-corrected chi connectivity index (χ1v) is 16.9. The summed E-state index contributed by atoms with van der Waals surface area (Å²) >= 11 is 0. The van der Waals surface area contributed by atoms with Crippen LogP contribution in [-0.2, 0) is 9.71 Å². The van der Waals surface area contributed by atoms with Gasteiger partial charge in [-0.25, -0.2) is 4.21 Å². The topological polar surface area (TPSA) is 67.8 Å². The van der Waals surface area contributed by atoms with Gasteiger partial charge in [0.15, 0.2) is 0 Å². The Morgan fingerprint density at radius 3 is 2.39 bits per heavy atom. The van der Waals surface area contributed by atoms with Gasteiger partial charge in [0, 0.05) is 52.9 Å². The number of likely N-dealkylation sites (tertiary alicyclic amines) is 1. The van der Waals surface area contributed by atoms with E-state index in [-0.39, 0.29) is 5.76 Å². The van der Waals surface area contributed by atoms with Crippen molar-refractivity contribution in [1.82, 2.24) is 19.8 Å². The maximum atomic E-state index is 11.9. The lowest BCUT2D eigenvalue weighted by molar-refractivity contribution is 0.0719. The summed E-state index contributed by atoms with van der Waals surface area (Å²) in [7, 11) is -2.38. The highest BCUT2D eigenvalue weighted by molar-refractivity contribution is 7.97. The normalized spacial score (nSPS) is 19.6. The van der Waals surface area contributed by atoms with Gasteiger partial charge in [0.25, 0.3) is 0 Å². The number of rotatable bonds is 18. The molecule has 0 aromatic carbocycles. The number of piperidine rings is 1. The van der Waals surface area contributed by atoms with Crippen molar-refractivity contribution in [2.75, 3.05) is 45.5 Å². The van der Waals surface area contributed by atoms with E-state index in [4.69, 9.17) is 0 Å². The Bertz CT molecular complexity index is 897. The van der Waals surface area contributed by atoms with Crippen LogP contribution in [0.5, 0.6) is 0 Å². The zero-order chi connectivity index (χ0) is 28.6. The fraction of sp³-hybridized carbons (Fsp3) is 0.710. The van der Waals surface area contributed by atoms with Crippen LogP contribution in [0.1, 0.15) is 86.5 Å². The number of nitrogens with zero attached hydrogens (tertiary/aromatic N) is 2. The molecule has 0 aromatic rings. The van der Waals surface area contributed by atoms with Gasteiger partial charge in [-0.15, -0.1) is 0 Å². The van der Waals surface area contributed by atoms with Crippen LogP contribution in [0.2, 0.25) is 0 Å². The quantitative estimate of drug-likeness (QED) is 0.114. The average Bonchev–Trinajstić information content (AvgIpc) is 2.89. The van der Waals surface area contributed by atoms with Crippen LogP contribution in [-0.4, -0.2) is 82.6 Å². The van der Waals surface area contributed by atoms with Crippen molar-refractivity contribution in [3.05, 3.63) is 46.9 Å². The Balaban J connectivity index is 2.74. The van der Waals surface area contributed by atoms with E-state index in [2.05, 4.69) is 72.5 Å². The molecule has 0 bridgehead atoms. The summed E-state index contributed by atoms with van der Waals surface area (Å²) < 4.78 is 14.8. The van der Waals surface area contributed by atoms with Crippen LogP contribution in [0, 0.1) is 0 Å². The first-order chi connectivity index (χ1) is 18.1. The molecule has 2 atom stereocenters. The molecule has 1 fully saturated rings. The van der Waals surface area contributed by atoms with Crippen LogP contribution in [0.3, 0.4) is 0 Å². The van der Waals surface area contributed by atoms with Crippen LogP contribution in [0.4, 0.5) is 0 Å². The standard InChI is InChI=1S/C31H58N4O2S/c1-9-14-19-35(29(13-5)23-32-24-31(36)22-28(12-4)33-38(7,8)37)30-17-20-34(21-18-30)25-27(11-3)16-15-26(6)10-2/h12,15-16,22,29-30,32,36H,7,9-11,13-14,17-21,23-25H2,1-6,8H3,(H,33,37)/b26-15-,27-16+,28-12+,31-22+. The molecule has 1 aliphatic heterocycles. The van der Waals surface area contributed by atoms with Gasteiger partial charge >= 0.3 is 0 Å². The van der Waals surface area contributed by atoms with Crippen molar-refractivity contribution >= 4 is 15.6 Å². The van der Waals surface area contributed by atoms with E-state index in [0.29, 0.717) is 24.3 Å². The molecular formula is C31H58N4O2S. The van der Waals surface area contributed by atoms with Gasteiger partial charge in [0.05, 0.1) is 6.54 Å². The van der Waals surface area contributed by atoms with Crippen molar-refractivity contribution in [3.8, 4) is 0 Å². The minimum absolute atomic E-state index is 0.223. The highest BCUT2D eigenvalue weighted by Gasteiger charge is 2.28. The lowest BCUT2D eigenvalue weighted by atomic mass is 9.98. The van der Waals surface area contributed by atoms with Crippen molar-refractivity contribution in [1.29, 1.82) is 0 Å². The fourth-order valence-corrected chi connectivity index (χ4v) is 5.55. The Hall–Kier alpha value is -1.54. The van der Waals surface area contributed by atoms with Crippen molar-refractivity contribution in [3.63, 3.8) is 0 Å². The van der Waals surface area contributed by atoms with Gasteiger partial charge < -0.3 is 15.1 Å². The lowest BCUT2D eigenvalue weighted by Crippen LogP contribution is -2.52. The second-order valence-electron chi connectivity index (χ2n) is 10.8. The summed E-state index contributed by atoms with van der Waals surface area (Å²) in [5.41, 5.74) is 3.58. The molecule has 0 saturated carbocycles. The smallest absolute Gasteiger partial charge is 0.108 e. The number of aliphatic hydroxyl groups is 1. The Labute approximate surface area is 235 Å². The minimum Gasteiger partial charge on any atom is -0.511 e. The summed E-state index contributed by atoms with van der Waals surface area (Å²) in [5.74, 6) is 3.85. The largest absolute Gasteiger partial charge is 0.511 e. The Morgan fingerprint density at radius 2 is 1.87 bits per heavy atom. The van der Waals surface area contributed by atoms with Crippen LogP contribution >= 0.6 is 0 Å². The first-order valence-electron chi connectivity index (χ1n) is 14.8. The van der Waals surface area contributed by atoms with Gasteiger partial charge in [0.2, 0.25) is 0 Å². The summed E-state index contributed by atoms with van der Waals surface area (Å²) in [4.78, 5) is 5.38. The fourth-order valence-electron chi connectivity index (χ4n) is 4.88. The second kappa shape index (κ2) is 18.7. The maximum absolute atomic E-state index is 11.9. The van der Waals surface area contributed by atoms with E-state index >= 15 is 0 Å². The summed E-state index contributed by atoms with van der Waals surface area (Å²) in [6.07, 6.45) is 17.7. The van der Waals surface area contributed by atoms with Crippen molar-refractivity contribution < 1.29 is 9.32 Å². The molecule has 0 aromatic heterocycles. The molecule has 6 nitrogen and oxygen atoms in total. The van der Waals surface area contributed by atoms with E-state index in [1.807, 2.05) is 6.92 Å². The number of hydrogen-bond acceptors (Lipinski definition) is 5. The monoisotopic (exact) mass is 550 g/mol. The molecule has 0 aliphatic carbocycles. The lowest BCUT2D eigenvalue weighted by Gasteiger charge is -2.42. The molecular weight excluding hydrogens is 492 g/mol. The molecule has 1 saturated heterocycles. The van der Waals surface area contributed by atoms with E-state index < -0.39 is 9.71 Å². The third-order valence-electron chi connectivity index (χ3n) is 7.43. The molecule has 0 radical (unpaired) electrons. The van der Waals surface area contributed by atoms with Crippen molar-refractivity contribution in [2.24, 2.45) is 0 Å². The van der Waals surface area contributed by atoms with Crippen LogP contribution < -0.4 is 10.0 Å². The molecule has 38 heavy (non-hydrogen) atoms. The second-order valence-corrected chi connectivity index (χ2v) is 13.0. The number of nitrogens with one attached hydrogen (secondary N) is 2. The number of allylic oxidation sites excluding steroid dienone is 5. The van der Waals surface area contributed by atoms with E-state index in [1.165, 1.54) is 36.8 Å². The minimum atomic E-state index is -2.38. The van der Waals surface area contributed by atoms with E-state index in [9.17, 15) is 9.32 Å². The third kappa shape index (κ3) is 14.0. The highest BCUT2D eigenvalue weighted by atomic mass is 32.2. The molecule has 0 spiro atoms. The predicted octanol–water partition coefficient (Wildman–Crippen LogP) is 5.81. The first kappa shape index (κ1) is 34.5. The van der Waals surface area contributed by atoms with Crippen LogP contribution in [0.25, 0.3) is 0 Å². The van der Waals surface area contributed by atoms with Crippen LogP contribution in [0.15, 0.2) is 46.9 Å². The summed E-state index contributed by atoms with van der Waals surface area (Å²) in [6.45, 7) is 18.8. The van der Waals surface area contributed by atoms with Crippen molar-refractivity contribution in [2.45, 2.75) is 98.6 Å². The number of hydrogen-bond donors (Lipinski definition) is 3. The molecule has 2 unspecified atom stereocenters. The zero-order valence-corrected chi connectivity index (χ0v) is 26.3. The zero-order valence-electron chi connectivity index (χ0n) is 25.5. The molecule has 0 amide bonds. The van der Waals surface area contributed by atoms with Gasteiger partial charge in [-0.1, -0.05) is 63.5 Å². The molecule has 220 valence electrons. The molecule has 3 N–H and O–H groups in total. The van der Waals surface area contributed by atoms with Gasteiger partial charge in [0.1, 0.15) is 5.76 Å². The predicted molar refractivity (Wildman–Crippen MR) is 169 cm³/mol. The Kier molecular flexibility index (Phi) is 17.0. The molecule has 1 rings (SSSR count). The van der Waals surface area contributed by atoms with Gasteiger partial charge in [-0.3, -0.25) is 9.80 Å². The number of aliphatic hydroxyl groups excluding tert-OH is 1. The SMILES string of the molecule is C=S(C)(=O)NC(/C=C(/O)CNCC(CC)N(CCCC)C1CCN(C/C(=C/C=C(/C)CC)CC)CC1)=C/C. The van der Waals surface area contributed by atoms with E-state index in [1.54, 1.807) is 18.4 Å². The summed E-state index contributed by atoms with van der Waals surface area (Å²) in [5, 5.41) is 13.9. The van der Waals surface area contributed by atoms with E-state index in [0.717, 1.165) is 52.0 Å². The molecule has 7 heteroatoms. The average molecular weight is 551 g/mol.